The molecule has 1 atom stereocenters. The predicted octanol–water partition coefficient (Wildman–Crippen LogP) is 3.26. The summed E-state index contributed by atoms with van der Waals surface area (Å²) in [5, 5.41) is 11.0. The summed E-state index contributed by atoms with van der Waals surface area (Å²) in [6, 6.07) is 13.1. The Bertz CT molecular complexity index is 685. The molecule has 0 radical (unpaired) electrons. The lowest BCUT2D eigenvalue weighted by Crippen LogP contribution is -2.24. The Morgan fingerprint density at radius 3 is 2.80 bits per heavy atom. The molecule has 5 heteroatoms. The summed E-state index contributed by atoms with van der Waals surface area (Å²) in [6.07, 6.45) is 0.929. The van der Waals surface area contributed by atoms with Crippen LogP contribution in [0, 0.1) is 10.1 Å². The number of non-ortho nitro benzene ring substituents is 1. The summed E-state index contributed by atoms with van der Waals surface area (Å²) in [5.41, 5.74) is 9.36. The maximum Gasteiger partial charge on any atom is 0.273 e. The summed E-state index contributed by atoms with van der Waals surface area (Å²) in [7, 11) is 0. The van der Waals surface area contributed by atoms with Gasteiger partial charge in [-0.2, -0.15) is 0 Å². The Kier molecular flexibility index (Phi) is 2.82. The van der Waals surface area contributed by atoms with Crippen LogP contribution in [0.25, 0.3) is 0 Å². The highest BCUT2D eigenvalue weighted by Gasteiger charge is 2.27. The van der Waals surface area contributed by atoms with E-state index in [4.69, 9.17) is 5.73 Å². The molecule has 0 amide bonds. The van der Waals surface area contributed by atoms with Crippen LogP contribution in [0.3, 0.4) is 0 Å². The van der Waals surface area contributed by atoms with E-state index in [-0.39, 0.29) is 11.7 Å². The van der Waals surface area contributed by atoms with E-state index in [9.17, 15) is 10.1 Å². The number of benzene rings is 2. The minimum absolute atomic E-state index is 0.0246. The SMILES string of the molecule is CC1Cc2ccccc2N1c1cc(N)cc([N+](=O)[O-])c1. The molecule has 0 spiro atoms. The second-order valence-corrected chi connectivity index (χ2v) is 5.09. The third-order valence-corrected chi connectivity index (χ3v) is 3.62. The van der Waals surface area contributed by atoms with Crippen molar-refractivity contribution in [2.24, 2.45) is 0 Å². The number of nitrogens with two attached hydrogens (primary N) is 1. The van der Waals surface area contributed by atoms with Crippen LogP contribution in [0.4, 0.5) is 22.7 Å². The fourth-order valence-electron chi connectivity index (χ4n) is 2.82. The Labute approximate surface area is 116 Å². The fourth-order valence-corrected chi connectivity index (χ4v) is 2.82. The number of hydrogen-bond acceptors (Lipinski definition) is 4. The molecule has 2 N–H and O–H groups in total. The van der Waals surface area contributed by atoms with Gasteiger partial charge in [-0.1, -0.05) is 18.2 Å². The van der Waals surface area contributed by atoms with Crippen LogP contribution in [0.15, 0.2) is 42.5 Å². The number of para-hydroxylation sites is 1. The minimum Gasteiger partial charge on any atom is -0.398 e. The number of nitrogen functional groups attached to an aromatic ring is 1. The Morgan fingerprint density at radius 2 is 2.05 bits per heavy atom. The topological polar surface area (TPSA) is 72.4 Å². The van der Waals surface area contributed by atoms with E-state index in [2.05, 4.69) is 17.9 Å². The molecule has 0 bridgehead atoms. The van der Waals surface area contributed by atoms with Crippen molar-refractivity contribution in [1.29, 1.82) is 0 Å². The number of hydrogen-bond donors (Lipinski definition) is 1. The van der Waals surface area contributed by atoms with Crippen molar-refractivity contribution >= 4 is 22.7 Å². The van der Waals surface area contributed by atoms with Crippen molar-refractivity contribution in [2.75, 3.05) is 10.6 Å². The molecule has 1 heterocycles. The molecule has 20 heavy (non-hydrogen) atoms. The van der Waals surface area contributed by atoms with E-state index < -0.39 is 4.92 Å². The number of nitrogens with zero attached hydrogens (tertiary/aromatic N) is 2. The van der Waals surface area contributed by atoms with Gasteiger partial charge in [-0.3, -0.25) is 10.1 Å². The lowest BCUT2D eigenvalue weighted by molar-refractivity contribution is -0.384. The van der Waals surface area contributed by atoms with Crippen LogP contribution in [-0.4, -0.2) is 11.0 Å². The first-order chi connectivity index (χ1) is 9.56. The van der Waals surface area contributed by atoms with E-state index in [1.165, 1.54) is 11.6 Å². The molecule has 1 unspecified atom stereocenters. The minimum atomic E-state index is -0.410. The Morgan fingerprint density at radius 1 is 1.30 bits per heavy atom. The molecule has 0 aliphatic carbocycles. The van der Waals surface area contributed by atoms with Gasteiger partial charge in [-0.05, 0) is 31.0 Å². The zero-order valence-electron chi connectivity index (χ0n) is 11.1. The zero-order valence-corrected chi connectivity index (χ0v) is 11.1. The molecule has 0 saturated carbocycles. The third-order valence-electron chi connectivity index (χ3n) is 3.62. The summed E-state index contributed by atoms with van der Waals surface area (Å²) < 4.78 is 0. The summed E-state index contributed by atoms with van der Waals surface area (Å²) in [4.78, 5) is 12.7. The quantitative estimate of drug-likeness (QED) is 0.516. The van der Waals surface area contributed by atoms with E-state index in [1.807, 2.05) is 18.2 Å². The molecule has 2 aromatic rings. The maximum atomic E-state index is 11.0. The first-order valence-electron chi connectivity index (χ1n) is 6.48. The lowest BCUT2D eigenvalue weighted by atomic mass is 10.1. The van der Waals surface area contributed by atoms with Crippen molar-refractivity contribution in [3.8, 4) is 0 Å². The van der Waals surface area contributed by atoms with Gasteiger partial charge in [-0.25, -0.2) is 0 Å². The molecule has 1 aliphatic rings. The molecule has 0 aromatic heterocycles. The third kappa shape index (κ3) is 1.97. The standard InChI is InChI=1S/C15H15N3O2/c1-10-6-11-4-2-3-5-15(11)17(10)13-7-12(16)8-14(9-13)18(19)20/h2-5,7-10H,6,16H2,1H3. The molecule has 2 aromatic carbocycles. The van der Waals surface area contributed by atoms with E-state index >= 15 is 0 Å². The smallest absolute Gasteiger partial charge is 0.273 e. The van der Waals surface area contributed by atoms with Gasteiger partial charge >= 0.3 is 0 Å². The van der Waals surface area contributed by atoms with Crippen LogP contribution in [0.1, 0.15) is 12.5 Å². The average Bonchev–Trinajstić information content (AvgIpc) is 2.73. The highest BCUT2D eigenvalue weighted by atomic mass is 16.6. The molecular weight excluding hydrogens is 254 g/mol. The fraction of sp³-hybridized carbons (Fsp3) is 0.200. The molecule has 5 nitrogen and oxygen atoms in total. The summed E-state index contributed by atoms with van der Waals surface area (Å²) in [6.45, 7) is 2.11. The van der Waals surface area contributed by atoms with Gasteiger partial charge in [-0.15, -0.1) is 0 Å². The number of rotatable bonds is 2. The molecule has 0 saturated heterocycles. The highest BCUT2D eigenvalue weighted by Crippen LogP contribution is 2.39. The lowest BCUT2D eigenvalue weighted by Gasteiger charge is -2.25. The number of fused-ring (bicyclic) bond motifs is 1. The van der Waals surface area contributed by atoms with Crippen LogP contribution < -0.4 is 10.6 Å². The number of nitro benzene ring substituents is 1. The first kappa shape index (κ1) is 12.5. The van der Waals surface area contributed by atoms with Gasteiger partial charge in [0.25, 0.3) is 5.69 Å². The summed E-state index contributed by atoms with van der Waals surface area (Å²) in [5.74, 6) is 0. The number of nitro groups is 1. The van der Waals surface area contributed by atoms with Crippen molar-refractivity contribution in [3.63, 3.8) is 0 Å². The van der Waals surface area contributed by atoms with Crippen LogP contribution in [-0.2, 0) is 6.42 Å². The Balaban J connectivity index is 2.11. The van der Waals surface area contributed by atoms with Gasteiger partial charge < -0.3 is 10.6 Å². The monoisotopic (exact) mass is 269 g/mol. The van der Waals surface area contributed by atoms with Crippen molar-refractivity contribution in [3.05, 3.63) is 58.1 Å². The molecular formula is C15H15N3O2. The van der Waals surface area contributed by atoms with Gasteiger partial charge in [0.2, 0.25) is 0 Å². The average molecular weight is 269 g/mol. The van der Waals surface area contributed by atoms with E-state index in [1.54, 1.807) is 12.1 Å². The second-order valence-electron chi connectivity index (χ2n) is 5.09. The normalized spacial score (nSPS) is 17.1. The summed E-state index contributed by atoms with van der Waals surface area (Å²) >= 11 is 0. The molecule has 3 rings (SSSR count). The van der Waals surface area contributed by atoms with E-state index in [0.29, 0.717) is 5.69 Å². The highest BCUT2D eigenvalue weighted by molar-refractivity contribution is 5.74. The van der Waals surface area contributed by atoms with Crippen LogP contribution >= 0.6 is 0 Å². The van der Waals surface area contributed by atoms with Gasteiger partial charge in [0.1, 0.15) is 0 Å². The zero-order chi connectivity index (χ0) is 14.3. The Hall–Kier alpha value is -2.56. The van der Waals surface area contributed by atoms with Crippen LogP contribution in [0.5, 0.6) is 0 Å². The molecule has 1 aliphatic heterocycles. The maximum absolute atomic E-state index is 11.0. The van der Waals surface area contributed by atoms with Crippen molar-refractivity contribution in [1.82, 2.24) is 0 Å². The largest absolute Gasteiger partial charge is 0.398 e. The van der Waals surface area contributed by atoms with Gasteiger partial charge in [0.15, 0.2) is 0 Å². The molecule has 102 valence electrons. The van der Waals surface area contributed by atoms with Gasteiger partial charge in [0, 0.05) is 29.5 Å². The number of anilines is 3. The van der Waals surface area contributed by atoms with Crippen molar-refractivity contribution < 1.29 is 4.92 Å². The van der Waals surface area contributed by atoms with Crippen LogP contribution in [0.2, 0.25) is 0 Å². The second kappa shape index (κ2) is 4.52. The first-order valence-corrected chi connectivity index (χ1v) is 6.48. The predicted molar refractivity (Wildman–Crippen MR) is 79.3 cm³/mol. The van der Waals surface area contributed by atoms with E-state index in [0.717, 1.165) is 17.8 Å². The van der Waals surface area contributed by atoms with Gasteiger partial charge in [0.05, 0.1) is 10.6 Å². The molecule has 0 fully saturated rings. The van der Waals surface area contributed by atoms with Crippen molar-refractivity contribution in [2.45, 2.75) is 19.4 Å².